The molecular weight excluding hydrogens is 226 g/mol. The average Bonchev–Trinajstić information content (AvgIpc) is 2.37. The lowest BCUT2D eigenvalue weighted by Crippen LogP contribution is -2.05. The molecule has 0 atom stereocenters. The zero-order chi connectivity index (χ0) is 12.8. The molecule has 2 aromatic rings. The highest BCUT2D eigenvalue weighted by Crippen LogP contribution is 2.14. The molecule has 0 aliphatic heterocycles. The molecule has 18 heavy (non-hydrogen) atoms. The van der Waals surface area contributed by atoms with Crippen molar-refractivity contribution >= 4 is 17.5 Å². The van der Waals surface area contributed by atoms with Crippen molar-refractivity contribution in [1.29, 1.82) is 0 Å². The molecule has 0 saturated carbocycles. The molecule has 0 fully saturated rings. The van der Waals surface area contributed by atoms with Crippen molar-refractivity contribution < 1.29 is 0 Å². The Morgan fingerprint density at radius 2 is 2.28 bits per heavy atom. The molecule has 5 heteroatoms. The van der Waals surface area contributed by atoms with Crippen molar-refractivity contribution in [3.63, 3.8) is 0 Å². The van der Waals surface area contributed by atoms with Crippen molar-refractivity contribution in [3.05, 3.63) is 48.7 Å². The lowest BCUT2D eigenvalue weighted by Gasteiger charge is -2.06. The zero-order valence-electron chi connectivity index (χ0n) is 10.2. The van der Waals surface area contributed by atoms with E-state index in [-0.39, 0.29) is 0 Å². The minimum Gasteiger partial charge on any atom is -0.365 e. The van der Waals surface area contributed by atoms with Gasteiger partial charge in [0.25, 0.3) is 0 Å². The van der Waals surface area contributed by atoms with Gasteiger partial charge in [-0.1, -0.05) is 18.2 Å². The maximum atomic E-state index is 4.29. The van der Waals surface area contributed by atoms with Gasteiger partial charge >= 0.3 is 0 Å². The normalized spacial score (nSPS) is 9.83. The number of rotatable bonds is 5. The van der Waals surface area contributed by atoms with Crippen LogP contribution in [0.1, 0.15) is 5.56 Å². The van der Waals surface area contributed by atoms with Crippen LogP contribution in [0.15, 0.2) is 43.1 Å². The van der Waals surface area contributed by atoms with Crippen LogP contribution in [0.4, 0.5) is 17.5 Å². The summed E-state index contributed by atoms with van der Waals surface area (Å²) in [5, 5.41) is 14.0. The molecular formula is C13H15N5. The van der Waals surface area contributed by atoms with Crippen molar-refractivity contribution in [2.45, 2.75) is 6.92 Å². The summed E-state index contributed by atoms with van der Waals surface area (Å²) in [7, 11) is 0. The second-order valence-electron chi connectivity index (χ2n) is 3.83. The minimum atomic E-state index is 0.467. The van der Waals surface area contributed by atoms with E-state index in [2.05, 4.69) is 32.4 Å². The van der Waals surface area contributed by atoms with Crippen LogP contribution in [-0.2, 0) is 0 Å². The number of anilines is 3. The van der Waals surface area contributed by atoms with Gasteiger partial charge in [0, 0.05) is 12.2 Å². The van der Waals surface area contributed by atoms with Gasteiger partial charge in [0.1, 0.15) is 0 Å². The third-order valence-corrected chi connectivity index (χ3v) is 2.26. The van der Waals surface area contributed by atoms with Crippen molar-refractivity contribution in [1.82, 2.24) is 15.2 Å². The van der Waals surface area contributed by atoms with E-state index in [0.29, 0.717) is 18.3 Å². The van der Waals surface area contributed by atoms with Crippen LogP contribution >= 0.6 is 0 Å². The van der Waals surface area contributed by atoms with E-state index < -0.39 is 0 Å². The van der Waals surface area contributed by atoms with Gasteiger partial charge < -0.3 is 10.6 Å². The molecule has 2 N–H and O–H groups in total. The van der Waals surface area contributed by atoms with Crippen LogP contribution < -0.4 is 10.6 Å². The summed E-state index contributed by atoms with van der Waals surface area (Å²) in [6.07, 6.45) is 3.33. The zero-order valence-corrected chi connectivity index (χ0v) is 10.2. The van der Waals surface area contributed by atoms with E-state index >= 15 is 0 Å². The van der Waals surface area contributed by atoms with E-state index in [9.17, 15) is 0 Å². The van der Waals surface area contributed by atoms with Crippen LogP contribution in [-0.4, -0.2) is 21.7 Å². The number of hydrogen-bond acceptors (Lipinski definition) is 5. The second-order valence-corrected chi connectivity index (χ2v) is 3.83. The van der Waals surface area contributed by atoms with Gasteiger partial charge in [-0.25, -0.2) is 0 Å². The summed E-state index contributed by atoms with van der Waals surface area (Å²) >= 11 is 0. The largest absolute Gasteiger partial charge is 0.365 e. The predicted molar refractivity (Wildman–Crippen MR) is 73.0 cm³/mol. The maximum absolute atomic E-state index is 4.29. The summed E-state index contributed by atoms with van der Waals surface area (Å²) in [4.78, 5) is 4.29. The number of aromatic nitrogens is 3. The highest BCUT2D eigenvalue weighted by molar-refractivity contribution is 5.55. The lowest BCUT2D eigenvalue weighted by molar-refractivity contribution is 0.976. The fourth-order valence-corrected chi connectivity index (χ4v) is 1.47. The molecule has 0 amide bonds. The number of benzene rings is 1. The van der Waals surface area contributed by atoms with Gasteiger partial charge in [-0.15, -0.1) is 11.7 Å². The third-order valence-electron chi connectivity index (χ3n) is 2.26. The van der Waals surface area contributed by atoms with Gasteiger partial charge in [-0.05, 0) is 24.6 Å². The Morgan fingerprint density at radius 1 is 1.39 bits per heavy atom. The Kier molecular flexibility index (Phi) is 3.86. The molecule has 0 aliphatic rings. The van der Waals surface area contributed by atoms with Crippen LogP contribution in [0.3, 0.4) is 0 Å². The lowest BCUT2D eigenvalue weighted by atomic mass is 10.2. The molecule has 0 bridgehead atoms. The Hall–Kier alpha value is -2.43. The first-order chi connectivity index (χ1) is 8.78. The summed E-state index contributed by atoms with van der Waals surface area (Å²) in [6.45, 7) is 6.31. The fraction of sp³-hybridized carbons (Fsp3) is 0.154. The van der Waals surface area contributed by atoms with Crippen LogP contribution in [0.2, 0.25) is 0 Å². The monoisotopic (exact) mass is 241 g/mol. The van der Waals surface area contributed by atoms with E-state index in [4.69, 9.17) is 0 Å². The summed E-state index contributed by atoms with van der Waals surface area (Å²) in [6, 6.07) is 7.99. The minimum absolute atomic E-state index is 0.467. The standard InChI is InChI=1S/C13H15N5/c1-3-7-14-12-9-15-18-13(17-12)16-11-6-4-5-10(2)8-11/h3-6,8-9H,1,7H2,2H3,(H2,14,16,17,18). The molecule has 1 aromatic heterocycles. The number of aryl methyl sites for hydroxylation is 1. The molecule has 0 aliphatic carbocycles. The smallest absolute Gasteiger partial charge is 0.249 e. The summed E-state index contributed by atoms with van der Waals surface area (Å²) in [5.74, 6) is 1.13. The van der Waals surface area contributed by atoms with Crippen LogP contribution in [0.5, 0.6) is 0 Å². The number of nitrogens with zero attached hydrogens (tertiary/aromatic N) is 3. The SMILES string of the molecule is C=CCNc1cnnc(Nc2cccc(C)c2)n1. The van der Waals surface area contributed by atoms with Gasteiger partial charge in [0.05, 0.1) is 6.20 Å². The van der Waals surface area contributed by atoms with E-state index in [1.807, 2.05) is 31.2 Å². The van der Waals surface area contributed by atoms with E-state index in [1.54, 1.807) is 12.3 Å². The highest BCUT2D eigenvalue weighted by atomic mass is 15.3. The van der Waals surface area contributed by atoms with Crippen molar-refractivity contribution in [3.8, 4) is 0 Å². The molecule has 0 unspecified atom stereocenters. The number of hydrogen-bond donors (Lipinski definition) is 2. The molecule has 1 heterocycles. The van der Waals surface area contributed by atoms with E-state index in [0.717, 1.165) is 5.69 Å². The molecule has 92 valence electrons. The van der Waals surface area contributed by atoms with Crippen LogP contribution in [0.25, 0.3) is 0 Å². The first kappa shape index (κ1) is 12.0. The fourth-order valence-electron chi connectivity index (χ4n) is 1.47. The topological polar surface area (TPSA) is 62.7 Å². The summed E-state index contributed by atoms with van der Waals surface area (Å²) in [5.41, 5.74) is 2.12. The predicted octanol–water partition coefficient (Wildman–Crippen LogP) is 2.52. The first-order valence-corrected chi connectivity index (χ1v) is 5.66. The number of nitrogens with one attached hydrogen (secondary N) is 2. The molecule has 0 saturated heterocycles. The molecule has 5 nitrogen and oxygen atoms in total. The molecule has 1 aromatic carbocycles. The quantitative estimate of drug-likeness (QED) is 0.787. The Balaban J connectivity index is 2.11. The van der Waals surface area contributed by atoms with Gasteiger partial charge in [0.15, 0.2) is 5.82 Å². The van der Waals surface area contributed by atoms with Crippen molar-refractivity contribution in [2.75, 3.05) is 17.2 Å². The second kappa shape index (κ2) is 5.77. The molecule has 2 rings (SSSR count). The van der Waals surface area contributed by atoms with Gasteiger partial charge in [-0.3, -0.25) is 0 Å². The first-order valence-electron chi connectivity index (χ1n) is 5.66. The van der Waals surface area contributed by atoms with Crippen LogP contribution in [0, 0.1) is 6.92 Å². The Morgan fingerprint density at radius 3 is 3.06 bits per heavy atom. The van der Waals surface area contributed by atoms with E-state index in [1.165, 1.54) is 5.56 Å². The van der Waals surface area contributed by atoms with Crippen molar-refractivity contribution in [2.24, 2.45) is 0 Å². The van der Waals surface area contributed by atoms with Gasteiger partial charge in [-0.2, -0.15) is 10.1 Å². The highest BCUT2D eigenvalue weighted by Gasteiger charge is 2.00. The Labute approximate surface area is 106 Å². The average molecular weight is 241 g/mol. The Bertz CT molecular complexity index is 538. The maximum Gasteiger partial charge on any atom is 0.249 e. The molecule has 0 radical (unpaired) electrons. The third kappa shape index (κ3) is 3.28. The van der Waals surface area contributed by atoms with Gasteiger partial charge in [0.2, 0.25) is 5.95 Å². The molecule has 0 spiro atoms. The summed E-state index contributed by atoms with van der Waals surface area (Å²) < 4.78 is 0.